The number of nitrogens with zero attached hydrogens (tertiary/aromatic N) is 2. The summed E-state index contributed by atoms with van der Waals surface area (Å²) >= 11 is 7.62. The summed E-state index contributed by atoms with van der Waals surface area (Å²) in [4.78, 5) is 10.9. The zero-order chi connectivity index (χ0) is 11.1. The van der Waals surface area contributed by atoms with Gasteiger partial charge in [-0.2, -0.15) is 0 Å². The fourth-order valence-corrected chi connectivity index (χ4v) is 2.84. The van der Waals surface area contributed by atoms with Crippen molar-refractivity contribution in [1.82, 2.24) is 9.97 Å². The predicted molar refractivity (Wildman–Crippen MR) is 68.4 cm³/mol. The molecule has 1 aliphatic carbocycles. The van der Waals surface area contributed by atoms with Crippen LogP contribution in [0.5, 0.6) is 0 Å². The summed E-state index contributed by atoms with van der Waals surface area (Å²) in [6.45, 7) is 2.15. The normalized spacial score (nSPS) is 15.6. The molecule has 2 aromatic heterocycles. The van der Waals surface area contributed by atoms with E-state index in [1.807, 2.05) is 0 Å². The topological polar surface area (TPSA) is 37.8 Å². The number of aryl methyl sites for hydroxylation is 1. The molecule has 0 atom stereocenters. The molecule has 1 saturated carbocycles. The zero-order valence-electron chi connectivity index (χ0n) is 8.96. The summed E-state index contributed by atoms with van der Waals surface area (Å²) in [5.41, 5.74) is 0. The Hall–Kier alpha value is -0.870. The zero-order valence-corrected chi connectivity index (χ0v) is 10.5. The van der Waals surface area contributed by atoms with Crippen LogP contribution >= 0.6 is 22.9 Å². The van der Waals surface area contributed by atoms with Crippen LogP contribution in [0.15, 0.2) is 6.07 Å². The van der Waals surface area contributed by atoms with Crippen molar-refractivity contribution in [3.63, 3.8) is 0 Å². The Morgan fingerprint density at radius 1 is 1.50 bits per heavy atom. The number of nitrogens with one attached hydrogen (secondary N) is 1. The Morgan fingerprint density at radius 3 is 3.00 bits per heavy atom. The molecule has 0 unspecified atom stereocenters. The number of aromatic nitrogens is 2. The van der Waals surface area contributed by atoms with Crippen LogP contribution in [0.4, 0.5) is 5.82 Å². The maximum absolute atomic E-state index is 5.92. The maximum Gasteiger partial charge on any atom is 0.225 e. The molecule has 84 valence electrons. The third kappa shape index (κ3) is 1.87. The molecule has 0 aromatic carbocycles. The number of hydrogen-bond acceptors (Lipinski definition) is 4. The molecule has 0 spiro atoms. The molecule has 2 aromatic rings. The van der Waals surface area contributed by atoms with E-state index in [0.717, 1.165) is 22.5 Å². The van der Waals surface area contributed by atoms with E-state index >= 15 is 0 Å². The first kappa shape index (κ1) is 10.3. The van der Waals surface area contributed by atoms with Crippen molar-refractivity contribution < 1.29 is 0 Å². The first-order valence-corrected chi connectivity index (χ1v) is 6.68. The number of thiophene rings is 1. The van der Waals surface area contributed by atoms with Gasteiger partial charge in [0.05, 0.1) is 5.39 Å². The lowest BCUT2D eigenvalue weighted by Crippen LogP contribution is -2.03. The SMILES string of the molecule is CCc1cc2c(NC3CC3)nc(Cl)nc2s1. The highest BCUT2D eigenvalue weighted by Crippen LogP contribution is 2.33. The molecule has 0 aliphatic heterocycles. The minimum absolute atomic E-state index is 0.333. The fraction of sp³-hybridized carbons (Fsp3) is 0.455. The fourth-order valence-electron chi connectivity index (χ4n) is 1.65. The Morgan fingerprint density at radius 2 is 2.31 bits per heavy atom. The quantitative estimate of drug-likeness (QED) is 0.851. The number of anilines is 1. The van der Waals surface area contributed by atoms with E-state index in [9.17, 15) is 0 Å². The van der Waals surface area contributed by atoms with Gasteiger partial charge in [0.25, 0.3) is 0 Å². The highest BCUT2D eigenvalue weighted by molar-refractivity contribution is 7.18. The largest absolute Gasteiger partial charge is 0.367 e. The summed E-state index contributed by atoms with van der Waals surface area (Å²) in [5.74, 6) is 0.897. The van der Waals surface area contributed by atoms with E-state index in [-0.39, 0.29) is 0 Å². The van der Waals surface area contributed by atoms with Gasteiger partial charge >= 0.3 is 0 Å². The highest BCUT2D eigenvalue weighted by Gasteiger charge is 2.23. The Bertz CT molecular complexity index is 533. The second-order valence-electron chi connectivity index (χ2n) is 4.04. The molecule has 0 amide bonds. The average molecular weight is 254 g/mol. The standard InChI is InChI=1S/C11H12ClN3S/c1-2-7-5-8-9(13-6-3-4-6)14-11(12)15-10(8)16-7/h5-6H,2-4H2,1H3,(H,13,14,15). The first-order chi connectivity index (χ1) is 7.76. The van der Waals surface area contributed by atoms with Crippen molar-refractivity contribution in [3.8, 4) is 0 Å². The Labute approximate surface area is 103 Å². The smallest absolute Gasteiger partial charge is 0.225 e. The van der Waals surface area contributed by atoms with Crippen molar-refractivity contribution in [2.24, 2.45) is 0 Å². The molecule has 0 bridgehead atoms. The molecule has 3 nitrogen and oxygen atoms in total. The summed E-state index contributed by atoms with van der Waals surface area (Å²) in [7, 11) is 0. The Balaban J connectivity index is 2.11. The Kier molecular flexibility index (Phi) is 2.48. The van der Waals surface area contributed by atoms with Crippen LogP contribution in [-0.2, 0) is 6.42 Å². The number of rotatable bonds is 3. The first-order valence-electron chi connectivity index (χ1n) is 5.48. The third-order valence-electron chi connectivity index (χ3n) is 2.68. The van der Waals surface area contributed by atoms with Gasteiger partial charge in [0, 0.05) is 10.9 Å². The van der Waals surface area contributed by atoms with Crippen molar-refractivity contribution >= 4 is 39.0 Å². The number of halogens is 1. The van der Waals surface area contributed by atoms with Gasteiger partial charge < -0.3 is 5.32 Å². The van der Waals surface area contributed by atoms with Crippen LogP contribution in [0.3, 0.4) is 0 Å². The van der Waals surface area contributed by atoms with Crippen LogP contribution in [-0.4, -0.2) is 16.0 Å². The molecule has 2 heterocycles. The summed E-state index contributed by atoms with van der Waals surface area (Å²) in [6, 6.07) is 2.75. The molecule has 0 saturated heterocycles. The lowest BCUT2D eigenvalue weighted by atomic mass is 10.3. The van der Waals surface area contributed by atoms with Gasteiger partial charge in [0.2, 0.25) is 5.28 Å². The molecular formula is C11H12ClN3S. The van der Waals surface area contributed by atoms with Gasteiger partial charge in [0.15, 0.2) is 0 Å². The summed E-state index contributed by atoms with van der Waals surface area (Å²) < 4.78 is 0. The minimum atomic E-state index is 0.333. The molecule has 16 heavy (non-hydrogen) atoms. The predicted octanol–water partition coefficient (Wildman–Crippen LogP) is 3.48. The summed E-state index contributed by atoms with van der Waals surface area (Å²) in [6.07, 6.45) is 3.49. The van der Waals surface area contributed by atoms with Crippen molar-refractivity contribution in [3.05, 3.63) is 16.2 Å². The van der Waals surface area contributed by atoms with Crippen molar-refractivity contribution in [2.75, 3.05) is 5.32 Å². The van der Waals surface area contributed by atoms with Gasteiger partial charge in [-0.25, -0.2) is 9.97 Å². The van der Waals surface area contributed by atoms with E-state index in [4.69, 9.17) is 11.6 Å². The van der Waals surface area contributed by atoms with Crippen LogP contribution in [0.1, 0.15) is 24.6 Å². The average Bonchev–Trinajstić information content (AvgIpc) is 2.95. The van der Waals surface area contributed by atoms with Crippen LogP contribution in [0.25, 0.3) is 10.2 Å². The summed E-state index contributed by atoms with van der Waals surface area (Å²) in [5, 5.41) is 4.85. The van der Waals surface area contributed by atoms with E-state index in [1.54, 1.807) is 11.3 Å². The lowest BCUT2D eigenvalue weighted by Gasteiger charge is -2.04. The molecule has 1 aliphatic rings. The highest BCUT2D eigenvalue weighted by atomic mass is 35.5. The minimum Gasteiger partial charge on any atom is -0.367 e. The van der Waals surface area contributed by atoms with Crippen molar-refractivity contribution in [2.45, 2.75) is 32.2 Å². The molecule has 1 fully saturated rings. The van der Waals surface area contributed by atoms with Gasteiger partial charge in [0.1, 0.15) is 10.6 Å². The van der Waals surface area contributed by atoms with Gasteiger partial charge in [-0.15, -0.1) is 11.3 Å². The van der Waals surface area contributed by atoms with Gasteiger partial charge in [-0.1, -0.05) is 6.92 Å². The maximum atomic E-state index is 5.92. The molecular weight excluding hydrogens is 242 g/mol. The van der Waals surface area contributed by atoms with Gasteiger partial charge in [-0.05, 0) is 36.9 Å². The molecule has 3 rings (SSSR count). The lowest BCUT2D eigenvalue weighted by molar-refractivity contribution is 1.11. The number of hydrogen-bond donors (Lipinski definition) is 1. The van der Waals surface area contributed by atoms with Crippen molar-refractivity contribution in [1.29, 1.82) is 0 Å². The number of fused-ring (bicyclic) bond motifs is 1. The van der Waals surface area contributed by atoms with Gasteiger partial charge in [-0.3, -0.25) is 0 Å². The molecule has 1 N–H and O–H groups in total. The van der Waals surface area contributed by atoms with Crippen LogP contribution in [0, 0.1) is 0 Å². The monoisotopic (exact) mass is 253 g/mol. The van der Waals surface area contributed by atoms with E-state index in [0.29, 0.717) is 11.3 Å². The van der Waals surface area contributed by atoms with Crippen LogP contribution in [0.2, 0.25) is 5.28 Å². The molecule has 0 radical (unpaired) electrons. The van der Waals surface area contributed by atoms with Crippen LogP contribution < -0.4 is 5.32 Å². The van der Waals surface area contributed by atoms with E-state index in [1.165, 1.54) is 17.7 Å². The molecule has 5 heteroatoms. The third-order valence-corrected chi connectivity index (χ3v) is 4.03. The van der Waals surface area contributed by atoms with E-state index < -0.39 is 0 Å². The second kappa shape index (κ2) is 3.86. The van der Waals surface area contributed by atoms with E-state index in [2.05, 4.69) is 28.3 Å². The second-order valence-corrected chi connectivity index (χ2v) is 5.50.